The van der Waals surface area contributed by atoms with E-state index in [4.69, 9.17) is 4.74 Å². The summed E-state index contributed by atoms with van der Waals surface area (Å²) >= 11 is 0. The van der Waals surface area contributed by atoms with E-state index in [9.17, 15) is 0 Å². The molecule has 3 nitrogen and oxygen atoms in total. The second-order valence-corrected chi connectivity index (χ2v) is 4.29. The average molecular weight is 216 g/mol. The lowest BCUT2D eigenvalue weighted by Crippen LogP contribution is -2.45. The molecule has 0 amide bonds. The van der Waals surface area contributed by atoms with Crippen molar-refractivity contribution in [3.63, 3.8) is 0 Å². The molecule has 0 saturated carbocycles. The number of nitrogens with zero attached hydrogens (tertiary/aromatic N) is 1. The molecule has 1 unspecified atom stereocenters. The molecule has 0 saturated heterocycles. The van der Waals surface area contributed by atoms with Crippen molar-refractivity contribution >= 4 is 0 Å². The molecular weight excluding hydrogens is 188 g/mol. The molecule has 0 aliphatic heterocycles. The molecule has 0 aromatic heterocycles. The summed E-state index contributed by atoms with van der Waals surface area (Å²) < 4.78 is 5.11. The topological polar surface area (TPSA) is 24.5 Å². The van der Waals surface area contributed by atoms with Gasteiger partial charge in [-0.3, -0.25) is 4.90 Å². The molecule has 1 atom stereocenters. The predicted octanol–water partition coefficient (Wildman–Crippen LogP) is 1.59. The van der Waals surface area contributed by atoms with Crippen LogP contribution in [0.4, 0.5) is 0 Å². The Kier molecular flexibility index (Phi) is 9.06. The number of likely N-dealkylation sites (N-methyl/N-ethyl adjacent to an activating group) is 2. The van der Waals surface area contributed by atoms with Gasteiger partial charge in [-0.2, -0.15) is 0 Å². The third-order valence-corrected chi connectivity index (χ3v) is 2.78. The monoisotopic (exact) mass is 216 g/mol. The van der Waals surface area contributed by atoms with Crippen LogP contribution in [0.3, 0.4) is 0 Å². The van der Waals surface area contributed by atoms with Crippen LogP contribution in [-0.4, -0.2) is 50.8 Å². The van der Waals surface area contributed by atoms with E-state index in [1.807, 2.05) is 0 Å². The third-order valence-electron chi connectivity index (χ3n) is 2.78. The minimum absolute atomic E-state index is 0.590. The molecule has 0 aromatic carbocycles. The molecule has 0 rings (SSSR count). The van der Waals surface area contributed by atoms with Crippen LogP contribution in [0.5, 0.6) is 0 Å². The first-order valence-corrected chi connectivity index (χ1v) is 6.10. The van der Waals surface area contributed by atoms with Crippen LogP contribution in [0.25, 0.3) is 0 Å². The zero-order valence-electron chi connectivity index (χ0n) is 11.0. The molecule has 0 bridgehead atoms. The fourth-order valence-electron chi connectivity index (χ4n) is 1.65. The summed E-state index contributed by atoms with van der Waals surface area (Å²) in [6, 6.07) is 0.590. The van der Waals surface area contributed by atoms with Crippen molar-refractivity contribution in [2.75, 3.05) is 39.9 Å². The number of ether oxygens (including phenoxy) is 1. The Labute approximate surface area is 95.2 Å². The van der Waals surface area contributed by atoms with Crippen LogP contribution < -0.4 is 5.32 Å². The fraction of sp³-hybridized carbons (Fsp3) is 1.00. The SMILES string of the molecule is CCNC(CN(CC)CCOC)C(C)C. The van der Waals surface area contributed by atoms with Gasteiger partial charge in [0.25, 0.3) is 0 Å². The van der Waals surface area contributed by atoms with Gasteiger partial charge in [0.15, 0.2) is 0 Å². The maximum atomic E-state index is 5.11. The van der Waals surface area contributed by atoms with Crippen molar-refractivity contribution in [3.8, 4) is 0 Å². The Bertz CT molecular complexity index is 140. The number of methoxy groups -OCH3 is 1. The first-order valence-electron chi connectivity index (χ1n) is 6.10. The molecule has 15 heavy (non-hydrogen) atoms. The summed E-state index contributed by atoms with van der Waals surface area (Å²) in [6.45, 7) is 14.0. The van der Waals surface area contributed by atoms with Gasteiger partial charge in [-0.25, -0.2) is 0 Å². The van der Waals surface area contributed by atoms with Crippen LogP contribution >= 0.6 is 0 Å². The van der Waals surface area contributed by atoms with Gasteiger partial charge in [0.2, 0.25) is 0 Å². The number of rotatable bonds is 9. The Morgan fingerprint density at radius 3 is 2.33 bits per heavy atom. The second-order valence-electron chi connectivity index (χ2n) is 4.29. The molecule has 0 aromatic rings. The first kappa shape index (κ1) is 14.9. The van der Waals surface area contributed by atoms with Crippen molar-refractivity contribution in [1.29, 1.82) is 0 Å². The van der Waals surface area contributed by atoms with Crippen LogP contribution in [0, 0.1) is 5.92 Å². The van der Waals surface area contributed by atoms with E-state index in [0.29, 0.717) is 12.0 Å². The van der Waals surface area contributed by atoms with Gasteiger partial charge in [-0.1, -0.05) is 27.7 Å². The molecule has 0 spiro atoms. The van der Waals surface area contributed by atoms with Crippen molar-refractivity contribution in [1.82, 2.24) is 10.2 Å². The van der Waals surface area contributed by atoms with E-state index in [1.54, 1.807) is 7.11 Å². The number of nitrogens with one attached hydrogen (secondary N) is 1. The van der Waals surface area contributed by atoms with Crippen molar-refractivity contribution < 1.29 is 4.74 Å². The van der Waals surface area contributed by atoms with E-state index < -0.39 is 0 Å². The first-order chi connectivity index (χ1) is 7.15. The highest BCUT2D eigenvalue weighted by molar-refractivity contribution is 4.74. The van der Waals surface area contributed by atoms with Gasteiger partial charge in [0.05, 0.1) is 6.61 Å². The minimum atomic E-state index is 0.590. The van der Waals surface area contributed by atoms with E-state index in [-0.39, 0.29) is 0 Å². The smallest absolute Gasteiger partial charge is 0.0589 e. The normalized spacial score (nSPS) is 13.8. The van der Waals surface area contributed by atoms with Crippen molar-refractivity contribution in [2.24, 2.45) is 5.92 Å². The highest BCUT2D eigenvalue weighted by atomic mass is 16.5. The number of hydrogen-bond acceptors (Lipinski definition) is 3. The zero-order valence-corrected chi connectivity index (χ0v) is 11.0. The molecule has 0 fully saturated rings. The average Bonchev–Trinajstić information content (AvgIpc) is 2.22. The van der Waals surface area contributed by atoms with Crippen molar-refractivity contribution in [3.05, 3.63) is 0 Å². The maximum absolute atomic E-state index is 5.11. The quantitative estimate of drug-likeness (QED) is 0.633. The summed E-state index contributed by atoms with van der Waals surface area (Å²) in [5.41, 5.74) is 0. The predicted molar refractivity (Wildman–Crippen MR) is 66.3 cm³/mol. The summed E-state index contributed by atoms with van der Waals surface area (Å²) in [5, 5.41) is 3.54. The third kappa shape index (κ3) is 6.88. The van der Waals surface area contributed by atoms with Crippen molar-refractivity contribution in [2.45, 2.75) is 33.7 Å². The molecule has 0 heterocycles. The van der Waals surface area contributed by atoms with Crippen LogP contribution in [0.15, 0.2) is 0 Å². The lowest BCUT2D eigenvalue weighted by molar-refractivity contribution is 0.139. The van der Waals surface area contributed by atoms with E-state index in [2.05, 4.69) is 37.9 Å². The summed E-state index contributed by atoms with van der Waals surface area (Å²) in [5.74, 6) is 0.682. The van der Waals surface area contributed by atoms with Crippen LogP contribution in [0.1, 0.15) is 27.7 Å². The Hall–Kier alpha value is -0.120. The molecule has 1 N–H and O–H groups in total. The maximum Gasteiger partial charge on any atom is 0.0589 e. The molecule has 0 radical (unpaired) electrons. The van der Waals surface area contributed by atoms with Crippen LogP contribution in [-0.2, 0) is 4.74 Å². The van der Waals surface area contributed by atoms with Gasteiger partial charge < -0.3 is 10.1 Å². The Morgan fingerprint density at radius 1 is 1.27 bits per heavy atom. The number of hydrogen-bond donors (Lipinski definition) is 1. The van der Waals surface area contributed by atoms with Gasteiger partial charge in [-0.15, -0.1) is 0 Å². The fourth-order valence-corrected chi connectivity index (χ4v) is 1.65. The van der Waals surface area contributed by atoms with Gasteiger partial charge in [0.1, 0.15) is 0 Å². The second kappa shape index (κ2) is 9.13. The summed E-state index contributed by atoms with van der Waals surface area (Å²) in [6.07, 6.45) is 0. The summed E-state index contributed by atoms with van der Waals surface area (Å²) in [7, 11) is 1.76. The van der Waals surface area contributed by atoms with E-state index >= 15 is 0 Å². The highest BCUT2D eigenvalue weighted by Gasteiger charge is 2.15. The molecule has 92 valence electrons. The van der Waals surface area contributed by atoms with Gasteiger partial charge >= 0.3 is 0 Å². The molecule has 3 heteroatoms. The lowest BCUT2D eigenvalue weighted by Gasteiger charge is -2.29. The Morgan fingerprint density at radius 2 is 1.93 bits per heavy atom. The Balaban J connectivity index is 3.97. The highest BCUT2D eigenvalue weighted by Crippen LogP contribution is 2.04. The minimum Gasteiger partial charge on any atom is -0.383 e. The van der Waals surface area contributed by atoms with Crippen LogP contribution in [0.2, 0.25) is 0 Å². The zero-order chi connectivity index (χ0) is 11.7. The van der Waals surface area contributed by atoms with Gasteiger partial charge in [0, 0.05) is 26.2 Å². The molecule has 0 aliphatic carbocycles. The summed E-state index contributed by atoms with van der Waals surface area (Å²) in [4.78, 5) is 2.44. The molecule has 0 aliphatic rings. The van der Waals surface area contributed by atoms with Gasteiger partial charge in [-0.05, 0) is 19.0 Å². The lowest BCUT2D eigenvalue weighted by atomic mass is 10.0. The largest absolute Gasteiger partial charge is 0.383 e. The standard InChI is InChI=1S/C12H28N2O/c1-6-13-12(11(3)4)10-14(7-2)8-9-15-5/h11-13H,6-10H2,1-5H3. The van der Waals surface area contributed by atoms with E-state index in [0.717, 1.165) is 32.8 Å². The molecular formula is C12H28N2O. The van der Waals surface area contributed by atoms with E-state index in [1.165, 1.54) is 0 Å².